The van der Waals surface area contributed by atoms with Gasteiger partial charge >= 0.3 is 6.36 Å². The molecule has 2 unspecified atom stereocenters. The summed E-state index contributed by atoms with van der Waals surface area (Å²) in [5, 5.41) is 2.69. The molecule has 3 N–H and O–H groups in total. The second kappa shape index (κ2) is 10.1. The fourth-order valence-corrected chi connectivity index (χ4v) is 3.43. The minimum absolute atomic E-state index is 0.120. The van der Waals surface area contributed by atoms with Crippen LogP contribution in [0.2, 0.25) is 0 Å². The lowest BCUT2D eigenvalue weighted by Crippen LogP contribution is -3.18. The van der Waals surface area contributed by atoms with Gasteiger partial charge in [0.2, 0.25) is 0 Å². The van der Waals surface area contributed by atoms with Gasteiger partial charge in [0.1, 0.15) is 25.4 Å². The first-order valence-electron chi connectivity index (χ1n) is 9.53. The number of alkyl halides is 3. The molecule has 0 bridgehead atoms. The highest BCUT2D eigenvalue weighted by atomic mass is 19.4. The highest BCUT2D eigenvalue weighted by Crippen LogP contribution is 2.23. The molecular formula is C19H30F3N3O3+2. The predicted molar refractivity (Wildman–Crippen MR) is 98.5 cm³/mol. The molecule has 6 nitrogen and oxygen atoms in total. The van der Waals surface area contributed by atoms with Crippen LogP contribution >= 0.6 is 0 Å². The van der Waals surface area contributed by atoms with Crippen molar-refractivity contribution in [3.8, 4) is 5.75 Å². The van der Waals surface area contributed by atoms with E-state index in [9.17, 15) is 18.0 Å². The van der Waals surface area contributed by atoms with Crippen molar-refractivity contribution in [2.24, 2.45) is 5.92 Å². The number of morpholine rings is 1. The zero-order valence-electron chi connectivity index (χ0n) is 16.6. The van der Waals surface area contributed by atoms with Crippen LogP contribution in [0.5, 0.6) is 5.75 Å². The molecule has 1 saturated heterocycles. The standard InChI is InChI=1S/C19H28F3N3O3/c1-14(2)10-25-8-9-27-17(12-25)11-24(3)13-18(26)23-15-4-6-16(7-5-15)28-19(20,21)22/h4-7,14,17H,8-13H2,1-3H3,(H,23,26)/p+2/t17-/m0/s1. The molecule has 0 aliphatic carbocycles. The number of ether oxygens (including phenoxy) is 2. The van der Waals surface area contributed by atoms with E-state index in [1.807, 2.05) is 7.05 Å². The van der Waals surface area contributed by atoms with E-state index in [4.69, 9.17) is 4.74 Å². The summed E-state index contributed by atoms with van der Waals surface area (Å²) in [5.41, 5.74) is 0.425. The van der Waals surface area contributed by atoms with Gasteiger partial charge in [-0.05, 0) is 24.3 Å². The molecule has 158 valence electrons. The van der Waals surface area contributed by atoms with Crippen LogP contribution in [0.3, 0.4) is 0 Å². The zero-order chi connectivity index (χ0) is 20.7. The predicted octanol–water partition coefficient (Wildman–Crippen LogP) is -0.0219. The summed E-state index contributed by atoms with van der Waals surface area (Å²) in [4.78, 5) is 14.7. The largest absolute Gasteiger partial charge is 0.573 e. The Kier molecular flexibility index (Phi) is 8.09. The number of nitrogens with one attached hydrogen (secondary N) is 3. The maximum Gasteiger partial charge on any atom is 0.573 e. The van der Waals surface area contributed by atoms with E-state index < -0.39 is 6.36 Å². The fraction of sp³-hybridized carbons (Fsp3) is 0.632. The van der Waals surface area contributed by atoms with Crippen LogP contribution in [0.25, 0.3) is 0 Å². The first-order valence-corrected chi connectivity index (χ1v) is 9.53. The normalized spacial score (nSPS) is 21.4. The number of likely N-dealkylation sites (N-methyl/N-ethyl adjacent to an activating group) is 1. The van der Waals surface area contributed by atoms with Crippen molar-refractivity contribution in [3.05, 3.63) is 24.3 Å². The zero-order valence-corrected chi connectivity index (χ0v) is 16.6. The first-order chi connectivity index (χ1) is 13.1. The van der Waals surface area contributed by atoms with Gasteiger partial charge in [-0.15, -0.1) is 13.2 Å². The summed E-state index contributed by atoms with van der Waals surface area (Å²) in [6, 6.07) is 5.10. The molecule has 0 radical (unpaired) electrons. The van der Waals surface area contributed by atoms with Gasteiger partial charge in [-0.3, -0.25) is 4.79 Å². The molecule has 0 saturated carbocycles. The van der Waals surface area contributed by atoms with Gasteiger partial charge in [-0.1, -0.05) is 13.8 Å². The van der Waals surface area contributed by atoms with Crippen LogP contribution < -0.4 is 19.9 Å². The van der Waals surface area contributed by atoms with Gasteiger partial charge in [0.25, 0.3) is 5.91 Å². The Morgan fingerprint density at radius 1 is 1.36 bits per heavy atom. The van der Waals surface area contributed by atoms with E-state index in [0.29, 0.717) is 11.6 Å². The Balaban J connectivity index is 1.76. The first kappa shape index (κ1) is 22.4. The van der Waals surface area contributed by atoms with Crippen molar-refractivity contribution < 1.29 is 37.2 Å². The SMILES string of the molecule is CC(C)C[NH+]1CCO[C@@H](C[NH+](C)CC(=O)Nc2ccc(OC(F)(F)F)cc2)C1. The van der Waals surface area contributed by atoms with Crippen LogP contribution in [0.1, 0.15) is 13.8 Å². The molecular weight excluding hydrogens is 375 g/mol. The van der Waals surface area contributed by atoms with Crippen LogP contribution in [0.4, 0.5) is 18.9 Å². The second-order valence-electron chi connectivity index (χ2n) is 7.75. The number of amides is 1. The second-order valence-corrected chi connectivity index (χ2v) is 7.75. The summed E-state index contributed by atoms with van der Waals surface area (Å²) in [5.74, 6) is 0.109. The lowest BCUT2D eigenvalue weighted by molar-refractivity contribution is -0.926. The molecule has 28 heavy (non-hydrogen) atoms. The van der Waals surface area contributed by atoms with Crippen LogP contribution in [0, 0.1) is 5.92 Å². The van der Waals surface area contributed by atoms with E-state index in [0.717, 1.165) is 37.7 Å². The quantitative estimate of drug-likeness (QED) is 0.570. The van der Waals surface area contributed by atoms with E-state index in [1.165, 1.54) is 29.2 Å². The molecule has 0 aromatic heterocycles. The number of benzene rings is 1. The van der Waals surface area contributed by atoms with Crippen LogP contribution in [-0.2, 0) is 9.53 Å². The Bertz CT molecular complexity index is 623. The van der Waals surface area contributed by atoms with Gasteiger partial charge in [-0.2, -0.15) is 0 Å². The molecule has 1 fully saturated rings. The number of carbonyl (C=O) groups is 1. The molecule has 1 amide bonds. The minimum atomic E-state index is -4.73. The van der Waals surface area contributed by atoms with E-state index >= 15 is 0 Å². The third-order valence-corrected chi connectivity index (χ3v) is 4.43. The number of hydrogen-bond acceptors (Lipinski definition) is 3. The smallest absolute Gasteiger partial charge is 0.406 e. The number of hydrogen-bond donors (Lipinski definition) is 3. The Morgan fingerprint density at radius 3 is 2.64 bits per heavy atom. The topological polar surface area (TPSA) is 56.4 Å². The fourth-order valence-electron chi connectivity index (χ4n) is 3.43. The molecule has 0 spiro atoms. The average Bonchev–Trinajstić information content (AvgIpc) is 2.54. The van der Waals surface area contributed by atoms with Crippen LogP contribution in [0.15, 0.2) is 24.3 Å². The monoisotopic (exact) mass is 405 g/mol. The summed E-state index contributed by atoms with van der Waals surface area (Å²) in [6.07, 6.45) is -4.61. The molecule has 9 heteroatoms. The van der Waals surface area contributed by atoms with Crippen molar-refractivity contribution in [2.45, 2.75) is 26.3 Å². The van der Waals surface area contributed by atoms with Crippen molar-refractivity contribution in [1.29, 1.82) is 0 Å². The van der Waals surface area contributed by atoms with E-state index in [1.54, 1.807) is 0 Å². The Hall–Kier alpha value is -1.84. The highest BCUT2D eigenvalue weighted by molar-refractivity contribution is 5.91. The third-order valence-electron chi connectivity index (χ3n) is 4.43. The minimum Gasteiger partial charge on any atom is -0.406 e. The molecule has 1 aliphatic heterocycles. The van der Waals surface area contributed by atoms with E-state index in [-0.39, 0.29) is 24.3 Å². The molecule has 1 aromatic carbocycles. The van der Waals surface area contributed by atoms with Gasteiger partial charge < -0.3 is 24.6 Å². The molecule has 1 aliphatic rings. The van der Waals surface area contributed by atoms with E-state index in [2.05, 4.69) is 23.9 Å². The van der Waals surface area contributed by atoms with Crippen molar-refractivity contribution in [2.75, 3.05) is 51.7 Å². The summed E-state index contributed by atoms with van der Waals surface area (Å²) in [6.45, 7) is 9.21. The molecule has 3 atom stereocenters. The van der Waals surface area contributed by atoms with Gasteiger partial charge in [0.05, 0.1) is 20.2 Å². The molecule has 1 aromatic rings. The number of quaternary nitrogens is 2. The lowest BCUT2D eigenvalue weighted by Gasteiger charge is -2.31. The van der Waals surface area contributed by atoms with Crippen molar-refractivity contribution >= 4 is 11.6 Å². The average molecular weight is 405 g/mol. The van der Waals surface area contributed by atoms with Crippen LogP contribution in [-0.4, -0.2) is 64.8 Å². The van der Waals surface area contributed by atoms with Gasteiger partial charge in [0.15, 0.2) is 12.6 Å². The van der Waals surface area contributed by atoms with Crippen molar-refractivity contribution in [1.82, 2.24) is 0 Å². The Labute approximate surface area is 163 Å². The Morgan fingerprint density at radius 2 is 2.04 bits per heavy atom. The molecule has 2 rings (SSSR count). The summed E-state index contributed by atoms with van der Waals surface area (Å²) in [7, 11) is 1.93. The lowest BCUT2D eigenvalue weighted by atomic mass is 10.1. The molecule has 1 heterocycles. The maximum absolute atomic E-state index is 12.2. The summed E-state index contributed by atoms with van der Waals surface area (Å²) < 4.78 is 46.1. The van der Waals surface area contributed by atoms with Crippen molar-refractivity contribution in [3.63, 3.8) is 0 Å². The highest BCUT2D eigenvalue weighted by Gasteiger charge is 2.31. The maximum atomic E-state index is 12.2. The number of anilines is 1. The van der Waals surface area contributed by atoms with Gasteiger partial charge in [0, 0.05) is 11.6 Å². The number of rotatable bonds is 8. The third kappa shape index (κ3) is 8.45. The number of carbonyl (C=O) groups excluding carboxylic acids is 1. The van der Waals surface area contributed by atoms with Gasteiger partial charge in [-0.25, -0.2) is 0 Å². The summed E-state index contributed by atoms with van der Waals surface area (Å²) >= 11 is 0. The number of halogens is 3.